The molecule has 0 fully saturated rings. The molecule has 0 bridgehead atoms. The fraction of sp³-hybridized carbons (Fsp3) is 0.692. The Morgan fingerprint density at radius 3 is 3.12 bits per heavy atom. The number of aryl methyl sites for hydroxylation is 2. The number of aliphatic hydroxyl groups excluding tert-OH is 1. The first-order chi connectivity index (χ1) is 7.85. The Bertz CT molecular complexity index is 333. The molecule has 0 radical (unpaired) electrons. The fourth-order valence-corrected chi connectivity index (χ4v) is 2.59. The van der Waals surface area contributed by atoms with E-state index in [2.05, 4.69) is 29.2 Å². The number of rotatable bonds is 5. The van der Waals surface area contributed by atoms with E-state index in [0.717, 1.165) is 19.5 Å². The van der Waals surface area contributed by atoms with Crippen molar-refractivity contribution in [3.63, 3.8) is 0 Å². The lowest BCUT2D eigenvalue weighted by molar-refractivity contribution is 0.280. The van der Waals surface area contributed by atoms with Crippen molar-refractivity contribution in [3.8, 4) is 0 Å². The first-order valence-electron chi connectivity index (χ1n) is 6.38. The molecule has 0 spiro atoms. The number of nitrogens with one attached hydrogen (secondary N) is 1. The molecule has 2 N–H and O–H groups in total. The molecular formula is C13H22N2O. The standard InChI is InChI=1S/C13H22N2O/c1-2-14-13-6-3-5-11-9-15(7-4-8-16)10-12(11)13/h9-10,13-14,16H,2-8H2,1H3. The third-order valence-corrected chi connectivity index (χ3v) is 3.34. The van der Waals surface area contributed by atoms with Gasteiger partial charge in [-0.1, -0.05) is 6.92 Å². The lowest BCUT2D eigenvalue weighted by Crippen LogP contribution is -2.23. The number of hydrogen-bond acceptors (Lipinski definition) is 2. The Balaban J connectivity index is 2.10. The SMILES string of the molecule is CCNC1CCCc2cn(CCCO)cc21. The van der Waals surface area contributed by atoms with E-state index >= 15 is 0 Å². The largest absolute Gasteiger partial charge is 0.396 e. The molecule has 0 saturated heterocycles. The second-order valence-electron chi connectivity index (χ2n) is 4.56. The highest BCUT2D eigenvalue weighted by Gasteiger charge is 2.20. The van der Waals surface area contributed by atoms with Gasteiger partial charge in [-0.05, 0) is 43.4 Å². The van der Waals surface area contributed by atoms with Crippen LogP contribution in [0.1, 0.15) is 43.4 Å². The van der Waals surface area contributed by atoms with E-state index in [1.807, 2.05) is 0 Å². The predicted molar refractivity (Wildman–Crippen MR) is 65.5 cm³/mol. The first kappa shape index (κ1) is 11.7. The average molecular weight is 222 g/mol. The molecule has 0 aromatic carbocycles. The van der Waals surface area contributed by atoms with Crippen molar-refractivity contribution >= 4 is 0 Å². The van der Waals surface area contributed by atoms with Crippen molar-refractivity contribution in [3.05, 3.63) is 23.5 Å². The maximum atomic E-state index is 8.84. The van der Waals surface area contributed by atoms with Gasteiger partial charge in [-0.2, -0.15) is 0 Å². The van der Waals surface area contributed by atoms with E-state index in [0.29, 0.717) is 6.04 Å². The van der Waals surface area contributed by atoms with Gasteiger partial charge in [0.25, 0.3) is 0 Å². The van der Waals surface area contributed by atoms with Gasteiger partial charge in [-0.3, -0.25) is 0 Å². The molecule has 0 saturated carbocycles. The summed E-state index contributed by atoms with van der Waals surface area (Å²) in [7, 11) is 0. The molecule has 1 atom stereocenters. The fourth-order valence-electron chi connectivity index (χ4n) is 2.59. The quantitative estimate of drug-likeness (QED) is 0.798. The van der Waals surface area contributed by atoms with E-state index < -0.39 is 0 Å². The zero-order valence-corrected chi connectivity index (χ0v) is 10.1. The van der Waals surface area contributed by atoms with Gasteiger partial charge in [0.15, 0.2) is 0 Å². The van der Waals surface area contributed by atoms with Crippen LogP contribution in [0.5, 0.6) is 0 Å². The van der Waals surface area contributed by atoms with Crippen molar-refractivity contribution in [1.29, 1.82) is 0 Å². The van der Waals surface area contributed by atoms with Gasteiger partial charge in [0.1, 0.15) is 0 Å². The number of aromatic nitrogens is 1. The highest BCUT2D eigenvalue weighted by atomic mass is 16.3. The van der Waals surface area contributed by atoms with E-state index in [9.17, 15) is 0 Å². The zero-order valence-electron chi connectivity index (χ0n) is 10.1. The molecule has 3 heteroatoms. The van der Waals surface area contributed by atoms with Crippen molar-refractivity contribution in [2.24, 2.45) is 0 Å². The summed E-state index contributed by atoms with van der Waals surface area (Å²) in [5.41, 5.74) is 2.97. The van der Waals surface area contributed by atoms with Crippen LogP contribution in [0.3, 0.4) is 0 Å². The van der Waals surface area contributed by atoms with Crippen molar-refractivity contribution in [2.75, 3.05) is 13.2 Å². The summed E-state index contributed by atoms with van der Waals surface area (Å²) in [6, 6.07) is 0.545. The molecule has 1 aromatic heterocycles. The van der Waals surface area contributed by atoms with Crippen LogP contribution in [-0.4, -0.2) is 22.8 Å². The summed E-state index contributed by atoms with van der Waals surface area (Å²) >= 11 is 0. The Kier molecular flexibility index (Phi) is 4.02. The molecule has 0 aliphatic heterocycles. The van der Waals surface area contributed by atoms with Gasteiger partial charge in [0.05, 0.1) is 0 Å². The van der Waals surface area contributed by atoms with Crippen molar-refractivity contribution < 1.29 is 5.11 Å². The molecule has 1 aromatic rings. The summed E-state index contributed by atoms with van der Waals surface area (Å²) in [4.78, 5) is 0. The maximum absolute atomic E-state index is 8.84. The van der Waals surface area contributed by atoms with E-state index in [-0.39, 0.29) is 6.61 Å². The Labute approximate surface area is 97.5 Å². The minimum Gasteiger partial charge on any atom is -0.396 e. The van der Waals surface area contributed by atoms with Gasteiger partial charge in [0, 0.05) is 31.6 Å². The number of fused-ring (bicyclic) bond motifs is 1. The number of aliphatic hydroxyl groups is 1. The molecule has 1 aliphatic rings. The number of nitrogens with zero attached hydrogens (tertiary/aromatic N) is 1. The summed E-state index contributed by atoms with van der Waals surface area (Å²) in [6.45, 7) is 4.41. The smallest absolute Gasteiger partial charge is 0.0448 e. The van der Waals surface area contributed by atoms with Crippen molar-refractivity contribution in [1.82, 2.24) is 9.88 Å². The van der Waals surface area contributed by atoms with Crippen LogP contribution in [0.2, 0.25) is 0 Å². The third-order valence-electron chi connectivity index (χ3n) is 3.34. The Morgan fingerprint density at radius 1 is 1.50 bits per heavy atom. The maximum Gasteiger partial charge on any atom is 0.0448 e. The van der Waals surface area contributed by atoms with Gasteiger partial charge in [-0.15, -0.1) is 0 Å². The van der Waals surface area contributed by atoms with Crippen LogP contribution in [-0.2, 0) is 13.0 Å². The second-order valence-corrected chi connectivity index (χ2v) is 4.56. The Morgan fingerprint density at radius 2 is 2.38 bits per heavy atom. The first-order valence-corrected chi connectivity index (χ1v) is 6.38. The van der Waals surface area contributed by atoms with Gasteiger partial charge in [-0.25, -0.2) is 0 Å². The summed E-state index contributed by atoms with van der Waals surface area (Å²) < 4.78 is 2.23. The van der Waals surface area contributed by atoms with Gasteiger partial charge < -0.3 is 15.0 Å². The minimum absolute atomic E-state index is 0.277. The lowest BCUT2D eigenvalue weighted by atomic mass is 9.91. The summed E-state index contributed by atoms with van der Waals surface area (Å²) in [5, 5.41) is 12.4. The Hall–Kier alpha value is -0.800. The monoisotopic (exact) mass is 222 g/mol. The predicted octanol–water partition coefficient (Wildman–Crippen LogP) is 1.86. The molecule has 1 unspecified atom stereocenters. The highest BCUT2D eigenvalue weighted by Crippen LogP contribution is 2.30. The summed E-state index contributed by atoms with van der Waals surface area (Å²) in [6.07, 6.45) is 9.12. The molecule has 0 amide bonds. The molecular weight excluding hydrogens is 200 g/mol. The van der Waals surface area contributed by atoms with E-state index in [1.165, 1.54) is 30.4 Å². The molecule has 16 heavy (non-hydrogen) atoms. The topological polar surface area (TPSA) is 37.2 Å². The normalized spacial score (nSPS) is 19.8. The molecule has 90 valence electrons. The van der Waals surface area contributed by atoms with Gasteiger partial charge >= 0.3 is 0 Å². The van der Waals surface area contributed by atoms with Crippen LogP contribution < -0.4 is 5.32 Å². The molecule has 1 aliphatic carbocycles. The van der Waals surface area contributed by atoms with Crippen LogP contribution in [0.15, 0.2) is 12.4 Å². The third kappa shape index (κ3) is 2.47. The molecule has 3 nitrogen and oxygen atoms in total. The van der Waals surface area contributed by atoms with E-state index in [1.54, 1.807) is 0 Å². The zero-order chi connectivity index (χ0) is 11.4. The molecule has 2 rings (SSSR count). The van der Waals surface area contributed by atoms with E-state index in [4.69, 9.17) is 5.11 Å². The number of hydrogen-bond donors (Lipinski definition) is 2. The van der Waals surface area contributed by atoms with Crippen LogP contribution in [0.4, 0.5) is 0 Å². The average Bonchev–Trinajstić information content (AvgIpc) is 2.70. The second kappa shape index (κ2) is 5.51. The molecule has 1 heterocycles. The summed E-state index contributed by atoms with van der Waals surface area (Å²) in [5.74, 6) is 0. The lowest BCUT2D eigenvalue weighted by Gasteiger charge is -2.22. The van der Waals surface area contributed by atoms with Crippen LogP contribution >= 0.6 is 0 Å². The van der Waals surface area contributed by atoms with Crippen LogP contribution in [0.25, 0.3) is 0 Å². The van der Waals surface area contributed by atoms with Crippen LogP contribution in [0, 0.1) is 0 Å². The van der Waals surface area contributed by atoms with Crippen molar-refractivity contribution in [2.45, 2.75) is 45.2 Å². The minimum atomic E-state index is 0.277. The highest BCUT2D eigenvalue weighted by molar-refractivity contribution is 5.30. The van der Waals surface area contributed by atoms with Gasteiger partial charge in [0.2, 0.25) is 0 Å².